The van der Waals surface area contributed by atoms with Crippen LogP contribution in [0.5, 0.6) is 11.5 Å². The predicted octanol–water partition coefficient (Wildman–Crippen LogP) is 7.16. The molecule has 0 bridgehead atoms. The molecule has 3 aliphatic heterocycles. The molecule has 5 aromatic rings. The molecular weight excluding hydrogens is 836 g/mol. The highest BCUT2D eigenvalue weighted by atomic mass is 35.5. The molecule has 1 amide bonds. The summed E-state index contributed by atoms with van der Waals surface area (Å²) in [6.07, 6.45) is 6.96. The van der Waals surface area contributed by atoms with Crippen molar-refractivity contribution >= 4 is 55.5 Å². The standard InChI is InChI=1S/C45H47ClN6O9S/c46-34-5-1-30(2-6-34)40-24-45(28-59-29-45)13-11-33(40)26-50-15-17-51(18-16-50)35-7-10-39(42(22-35)61-37-21-32-12-14-47-43(32)48-25-37)44(53)49-62(56,57)38-9-4-31(41(23-38)52(54)55)3-8-36-27-58-19-20-60-36/h1-2,4-7,9-10,12,14,21-23,25,36H,3,8,11,13,15-20,24,26-29H2,(H,47,48)(H,49,53). The van der Waals surface area contributed by atoms with Gasteiger partial charge in [-0.05, 0) is 85.7 Å². The number of carbonyl (C=O) groups excluding carboxylic acids is 1. The van der Waals surface area contributed by atoms with Gasteiger partial charge in [0.25, 0.3) is 21.6 Å². The average Bonchev–Trinajstić information content (AvgIpc) is 3.74. The number of aromatic amines is 1. The zero-order valence-electron chi connectivity index (χ0n) is 34.0. The minimum Gasteiger partial charge on any atom is -0.455 e. The predicted molar refractivity (Wildman–Crippen MR) is 233 cm³/mol. The van der Waals surface area contributed by atoms with Gasteiger partial charge in [0, 0.05) is 78.1 Å². The van der Waals surface area contributed by atoms with Crippen LogP contribution in [0.4, 0.5) is 11.4 Å². The second kappa shape index (κ2) is 17.8. The maximum Gasteiger partial charge on any atom is 0.273 e. The van der Waals surface area contributed by atoms with Crippen molar-refractivity contribution in [1.82, 2.24) is 19.6 Å². The van der Waals surface area contributed by atoms with Gasteiger partial charge in [0.15, 0.2) is 0 Å². The second-order valence-electron chi connectivity index (χ2n) is 16.5. The number of aryl methyl sites for hydroxylation is 1. The molecule has 15 nitrogen and oxygen atoms in total. The third kappa shape index (κ3) is 9.21. The first-order valence-corrected chi connectivity index (χ1v) is 22.7. The number of carbonyl (C=O) groups is 1. The topological polar surface area (TPSA) is 178 Å². The fraction of sp³-hybridized carbons (Fsp3) is 0.378. The summed E-state index contributed by atoms with van der Waals surface area (Å²) < 4.78 is 52.5. The molecule has 1 atom stereocenters. The van der Waals surface area contributed by atoms with Crippen LogP contribution < -0.4 is 14.4 Å². The number of H-pyrrole nitrogens is 1. The molecular formula is C45H47ClN6O9S. The number of anilines is 1. The van der Waals surface area contributed by atoms with E-state index < -0.39 is 25.7 Å². The van der Waals surface area contributed by atoms with Crippen LogP contribution in [0, 0.1) is 15.5 Å². The van der Waals surface area contributed by atoms with Crippen molar-refractivity contribution in [3.05, 3.63) is 123 Å². The number of hydrogen-bond acceptors (Lipinski definition) is 12. The van der Waals surface area contributed by atoms with Gasteiger partial charge in [0.1, 0.15) is 17.1 Å². The van der Waals surface area contributed by atoms with Gasteiger partial charge in [-0.3, -0.25) is 19.8 Å². The number of nitrogens with zero attached hydrogens (tertiary/aromatic N) is 4. The maximum atomic E-state index is 13.9. The van der Waals surface area contributed by atoms with E-state index in [9.17, 15) is 23.3 Å². The minimum atomic E-state index is -4.56. The van der Waals surface area contributed by atoms with E-state index in [-0.39, 0.29) is 34.9 Å². The molecule has 0 radical (unpaired) electrons. The van der Waals surface area contributed by atoms with Crippen molar-refractivity contribution in [3.63, 3.8) is 0 Å². The number of nitro groups is 1. The summed E-state index contributed by atoms with van der Waals surface area (Å²) in [5, 5.41) is 13.6. The van der Waals surface area contributed by atoms with Gasteiger partial charge < -0.3 is 28.8 Å². The Morgan fingerprint density at radius 1 is 1.02 bits per heavy atom. The first-order valence-electron chi connectivity index (χ1n) is 20.8. The van der Waals surface area contributed by atoms with E-state index in [0.29, 0.717) is 56.3 Å². The molecule has 2 aromatic heterocycles. The van der Waals surface area contributed by atoms with Crippen LogP contribution in [0.15, 0.2) is 95.7 Å². The molecule has 324 valence electrons. The number of sulfonamides is 1. The smallest absolute Gasteiger partial charge is 0.273 e. The number of benzene rings is 3. The number of allylic oxidation sites excluding steroid dienone is 1. The highest BCUT2D eigenvalue weighted by molar-refractivity contribution is 7.90. The van der Waals surface area contributed by atoms with Crippen LogP contribution in [0.2, 0.25) is 5.02 Å². The number of aromatic nitrogens is 2. The van der Waals surface area contributed by atoms with Gasteiger partial charge in [-0.15, -0.1) is 0 Å². The quantitative estimate of drug-likeness (QED) is 0.0902. The normalized spacial score (nSPS) is 19.4. The van der Waals surface area contributed by atoms with Crippen LogP contribution in [0.25, 0.3) is 16.6 Å². The third-order valence-electron chi connectivity index (χ3n) is 12.3. The fourth-order valence-corrected chi connectivity index (χ4v) is 9.90. The Morgan fingerprint density at radius 3 is 2.58 bits per heavy atom. The number of hydrogen-bond donors (Lipinski definition) is 2. The summed E-state index contributed by atoms with van der Waals surface area (Å²) in [6, 6.07) is 20.5. The number of halogens is 1. The van der Waals surface area contributed by atoms with Crippen LogP contribution in [-0.4, -0.2) is 106 Å². The summed E-state index contributed by atoms with van der Waals surface area (Å²) in [7, 11) is -4.56. The van der Waals surface area contributed by atoms with Gasteiger partial charge in [0.2, 0.25) is 0 Å². The van der Waals surface area contributed by atoms with Crippen LogP contribution in [0.1, 0.15) is 47.2 Å². The Hall–Kier alpha value is -5.36. The van der Waals surface area contributed by atoms with Crippen LogP contribution in [-0.2, 0) is 30.7 Å². The number of fused-ring (bicyclic) bond motifs is 1. The molecule has 9 rings (SSSR count). The summed E-state index contributed by atoms with van der Waals surface area (Å²) in [5.41, 5.74) is 5.69. The maximum absolute atomic E-state index is 13.9. The number of ether oxygens (including phenoxy) is 4. The van der Waals surface area contributed by atoms with Crippen LogP contribution >= 0.6 is 11.6 Å². The largest absolute Gasteiger partial charge is 0.455 e. The van der Waals surface area contributed by atoms with Crippen molar-refractivity contribution in [2.45, 2.75) is 43.1 Å². The molecule has 1 unspecified atom stereocenters. The van der Waals surface area contributed by atoms with E-state index in [1.54, 1.807) is 24.4 Å². The highest BCUT2D eigenvalue weighted by Crippen LogP contribution is 2.48. The lowest BCUT2D eigenvalue weighted by atomic mass is 9.69. The number of nitrogens with one attached hydrogen (secondary N) is 2. The van der Waals surface area contributed by atoms with E-state index in [1.807, 2.05) is 18.2 Å². The van der Waals surface area contributed by atoms with Gasteiger partial charge in [-0.25, -0.2) is 18.1 Å². The van der Waals surface area contributed by atoms with Crippen molar-refractivity contribution in [3.8, 4) is 11.5 Å². The zero-order chi connectivity index (χ0) is 42.8. The number of amides is 1. The first kappa shape index (κ1) is 42.0. The summed E-state index contributed by atoms with van der Waals surface area (Å²) in [4.78, 5) is 37.1. The van der Waals surface area contributed by atoms with Gasteiger partial charge in [-0.1, -0.05) is 35.4 Å². The molecule has 3 fully saturated rings. The van der Waals surface area contributed by atoms with Crippen molar-refractivity contribution in [2.24, 2.45) is 5.41 Å². The number of pyridine rings is 1. The lowest BCUT2D eigenvalue weighted by Crippen LogP contribution is -2.48. The molecule has 1 aliphatic carbocycles. The Bertz CT molecular complexity index is 2620. The Kier molecular flexibility index (Phi) is 12.0. The van der Waals surface area contributed by atoms with E-state index in [4.69, 9.17) is 30.5 Å². The fourth-order valence-electron chi connectivity index (χ4n) is 8.79. The Morgan fingerprint density at radius 2 is 1.84 bits per heavy atom. The summed E-state index contributed by atoms with van der Waals surface area (Å²) >= 11 is 6.26. The Balaban J connectivity index is 0.926. The molecule has 62 heavy (non-hydrogen) atoms. The van der Waals surface area contributed by atoms with E-state index in [1.165, 1.54) is 41.1 Å². The van der Waals surface area contributed by atoms with Crippen molar-refractivity contribution in [2.75, 3.05) is 70.7 Å². The first-order chi connectivity index (χ1) is 30.0. The zero-order valence-corrected chi connectivity index (χ0v) is 35.6. The molecule has 1 spiro atoms. The molecule has 3 aromatic carbocycles. The molecule has 0 saturated carbocycles. The van der Waals surface area contributed by atoms with E-state index in [0.717, 1.165) is 74.3 Å². The molecule has 2 N–H and O–H groups in total. The number of nitro benzene ring substituents is 1. The lowest BCUT2D eigenvalue weighted by Gasteiger charge is -2.46. The molecule has 3 saturated heterocycles. The minimum absolute atomic E-state index is 0.0421. The molecule has 5 heterocycles. The Labute approximate surface area is 364 Å². The van der Waals surface area contributed by atoms with Gasteiger partial charge >= 0.3 is 0 Å². The van der Waals surface area contributed by atoms with E-state index >= 15 is 0 Å². The average molecular weight is 883 g/mol. The van der Waals surface area contributed by atoms with Crippen molar-refractivity contribution < 1.29 is 37.1 Å². The highest BCUT2D eigenvalue weighted by Gasteiger charge is 2.42. The van der Waals surface area contributed by atoms with Gasteiger partial charge in [-0.2, -0.15) is 0 Å². The second-order valence-corrected chi connectivity index (χ2v) is 18.6. The molecule has 4 aliphatic rings. The summed E-state index contributed by atoms with van der Waals surface area (Å²) in [5.74, 6) is -0.487. The summed E-state index contributed by atoms with van der Waals surface area (Å²) in [6.45, 7) is 6.86. The third-order valence-corrected chi connectivity index (χ3v) is 13.9. The molecule has 17 heteroatoms. The van der Waals surface area contributed by atoms with Gasteiger partial charge in [0.05, 0.1) is 60.7 Å². The van der Waals surface area contributed by atoms with Crippen molar-refractivity contribution in [1.29, 1.82) is 0 Å². The number of rotatable bonds is 13. The SMILES string of the molecule is O=C(NS(=O)(=O)c1ccc(CCC2COCCO2)c([N+](=O)[O-])c1)c1ccc(N2CCN(CC3=C(c4ccc(Cl)cc4)CC4(CC3)COC4)CC2)cc1Oc1cnc2[nH]ccc2c1. The lowest BCUT2D eigenvalue weighted by molar-refractivity contribution is -0.385. The number of piperazine rings is 1. The monoisotopic (exact) mass is 882 g/mol. The van der Waals surface area contributed by atoms with E-state index in [2.05, 4.69) is 36.6 Å². The van der Waals surface area contributed by atoms with Crippen LogP contribution in [0.3, 0.4) is 0 Å².